The zero-order valence-electron chi connectivity index (χ0n) is 19.3. The Morgan fingerprint density at radius 2 is 0.941 bits per heavy atom. The molecule has 34 heavy (non-hydrogen) atoms. The van der Waals surface area contributed by atoms with Crippen molar-refractivity contribution in [1.82, 2.24) is 0 Å². The molecule has 0 aliphatic rings. The predicted molar refractivity (Wildman–Crippen MR) is 137 cm³/mol. The summed E-state index contributed by atoms with van der Waals surface area (Å²) in [6.45, 7) is 2.27. The molecule has 0 saturated heterocycles. The number of rotatable bonds is 20. The molecule has 0 aromatic rings. The van der Waals surface area contributed by atoms with Gasteiger partial charge in [-0.1, -0.05) is 96.8 Å². The van der Waals surface area contributed by atoms with Crippen LogP contribution in [0.25, 0.3) is 0 Å². The Labute approximate surface area is 249 Å². The van der Waals surface area contributed by atoms with Gasteiger partial charge in [-0.2, -0.15) is 8.42 Å². The molecule has 0 aliphatic heterocycles. The molecule has 0 bridgehead atoms. The zero-order valence-corrected chi connectivity index (χ0v) is 20.2. The van der Waals surface area contributed by atoms with Gasteiger partial charge in [0.2, 0.25) is 0 Å². The molecule has 4 N–H and O–H groups in total. The molecular weight excluding hydrogens is 486 g/mol. The summed E-state index contributed by atoms with van der Waals surface area (Å²) < 4.78 is 28.7. The van der Waals surface area contributed by atoms with E-state index in [1.54, 1.807) is 0 Å². The van der Waals surface area contributed by atoms with Crippen molar-refractivity contribution in [2.75, 3.05) is 0 Å². The van der Waals surface area contributed by atoms with E-state index in [0.29, 0.717) is 6.42 Å². The molecular formula is C22H44Na2O9S. The minimum absolute atomic E-state index is 0. The molecule has 0 aliphatic carbocycles. The Kier molecular flexibility index (Phi) is 34.0. The molecule has 0 fully saturated rings. The number of carbonyl (C=O) groups is 3. The summed E-state index contributed by atoms with van der Waals surface area (Å²) in [6.07, 6.45) is 19.0. The van der Waals surface area contributed by atoms with E-state index < -0.39 is 39.7 Å². The molecule has 0 saturated carbocycles. The van der Waals surface area contributed by atoms with E-state index in [1.807, 2.05) is 0 Å². The summed E-state index contributed by atoms with van der Waals surface area (Å²) in [6, 6.07) is 0. The van der Waals surface area contributed by atoms with Gasteiger partial charge in [0.25, 0.3) is 10.1 Å². The van der Waals surface area contributed by atoms with Gasteiger partial charge in [0.05, 0.1) is 6.42 Å². The molecule has 9 nitrogen and oxygen atoms in total. The van der Waals surface area contributed by atoms with Gasteiger partial charge in [0, 0.05) is 6.42 Å². The van der Waals surface area contributed by atoms with Crippen molar-refractivity contribution in [3.05, 3.63) is 0 Å². The first-order valence-corrected chi connectivity index (χ1v) is 13.1. The number of hydrogen-bond acceptors (Lipinski definition) is 5. The van der Waals surface area contributed by atoms with E-state index in [2.05, 4.69) is 6.92 Å². The topological polar surface area (TPSA) is 166 Å². The first kappa shape index (κ1) is 41.4. The van der Waals surface area contributed by atoms with Crippen LogP contribution in [-0.2, 0) is 24.5 Å². The Bertz CT molecular complexity index is 613. The third-order valence-corrected chi connectivity index (χ3v) is 6.08. The van der Waals surface area contributed by atoms with Gasteiger partial charge < -0.3 is 15.3 Å². The molecule has 12 heteroatoms. The van der Waals surface area contributed by atoms with Crippen molar-refractivity contribution >= 4 is 87.1 Å². The van der Waals surface area contributed by atoms with Crippen molar-refractivity contribution in [2.45, 2.75) is 121 Å². The summed E-state index contributed by atoms with van der Waals surface area (Å²) in [5.41, 5.74) is 0. The summed E-state index contributed by atoms with van der Waals surface area (Å²) in [5.74, 6) is -4.15. The Morgan fingerprint density at radius 3 is 1.15 bits per heavy atom. The van der Waals surface area contributed by atoms with Crippen molar-refractivity contribution in [2.24, 2.45) is 0 Å². The van der Waals surface area contributed by atoms with Crippen molar-refractivity contribution < 1.29 is 42.7 Å². The van der Waals surface area contributed by atoms with Crippen LogP contribution in [-0.4, -0.2) is 111 Å². The third-order valence-electron chi connectivity index (χ3n) is 4.99. The maximum atomic E-state index is 10.3. The van der Waals surface area contributed by atoms with Crippen LogP contribution in [0.1, 0.15) is 116 Å². The van der Waals surface area contributed by atoms with Crippen LogP contribution in [0.15, 0.2) is 0 Å². The summed E-state index contributed by atoms with van der Waals surface area (Å²) >= 11 is 0. The van der Waals surface area contributed by atoms with Gasteiger partial charge >= 0.3 is 77.0 Å². The zero-order chi connectivity index (χ0) is 24.8. The second-order valence-corrected chi connectivity index (χ2v) is 9.63. The van der Waals surface area contributed by atoms with Gasteiger partial charge in [-0.25, -0.2) is 0 Å². The minimum atomic E-state index is -4.84. The van der Waals surface area contributed by atoms with Crippen LogP contribution in [0.2, 0.25) is 0 Å². The number of carboxylic acid groups (broad SMARTS) is 3. The number of aliphatic carboxylic acids is 3. The fraction of sp³-hybridized carbons (Fsp3) is 0.864. The summed E-state index contributed by atoms with van der Waals surface area (Å²) in [5, 5.41) is 22.4. The van der Waals surface area contributed by atoms with Crippen LogP contribution in [0, 0.1) is 0 Å². The Balaban J connectivity index is -0.000000279. The van der Waals surface area contributed by atoms with Gasteiger partial charge in [0.1, 0.15) is 0 Å². The van der Waals surface area contributed by atoms with Crippen molar-refractivity contribution in [3.8, 4) is 0 Å². The molecule has 0 aromatic carbocycles. The third kappa shape index (κ3) is 32.3. The summed E-state index contributed by atoms with van der Waals surface area (Å²) in [7, 11) is -4.84. The average Bonchev–Trinajstić information content (AvgIpc) is 2.68. The van der Waals surface area contributed by atoms with E-state index >= 15 is 0 Å². The monoisotopic (exact) mass is 530 g/mol. The molecule has 0 amide bonds. The van der Waals surface area contributed by atoms with Crippen LogP contribution >= 0.6 is 0 Å². The molecule has 0 radical (unpaired) electrons. The number of unbranched alkanes of at least 4 members (excludes halogenated alkanes) is 14. The van der Waals surface area contributed by atoms with E-state index in [4.69, 9.17) is 19.9 Å². The average molecular weight is 531 g/mol. The van der Waals surface area contributed by atoms with Crippen LogP contribution < -0.4 is 0 Å². The summed E-state index contributed by atoms with van der Waals surface area (Å²) in [4.78, 5) is 30.3. The Hall–Kier alpha value is 0.320. The second kappa shape index (κ2) is 27.9. The molecule has 194 valence electrons. The van der Waals surface area contributed by atoms with Gasteiger partial charge in [0.15, 0.2) is 5.25 Å². The number of carboxylic acids is 3. The van der Waals surface area contributed by atoms with E-state index in [-0.39, 0.29) is 59.1 Å². The molecule has 0 spiro atoms. The molecule has 1 unspecified atom stereocenters. The van der Waals surface area contributed by atoms with E-state index in [0.717, 1.165) is 12.8 Å². The normalized spacial score (nSPS) is 11.2. The van der Waals surface area contributed by atoms with Crippen molar-refractivity contribution in [1.29, 1.82) is 0 Å². The molecule has 0 aromatic heterocycles. The fourth-order valence-corrected chi connectivity index (χ4v) is 3.73. The fourth-order valence-electron chi connectivity index (χ4n) is 3.13. The predicted octanol–water partition coefficient (Wildman–Crippen LogP) is 3.84. The van der Waals surface area contributed by atoms with E-state index in [1.165, 1.54) is 83.5 Å². The quantitative estimate of drug-likeness (QED) is 0.104. The van der Waals surface area contributed by atoms with Crippen molar-refractivity contribution in [3.63, 3.8) is 0 Å². The van der Waals surface area contributed by atoms with Gasteiger partial charge in [-0.3, -0.25) is 18.9 Å². The second-order valence-electron chi connectivity index (χ2n) is 8.03. The van der Waals surface area contributed by atoms with Crippen LogP contribution in [0.3, 0.4) is 0 Å². The Morgan fingerprint density at radius 1 is 0.618 bits per heavy atom. The van der Waals surface area contributed by atoms with Crippen LogP contribution in [0.5, 0.6) is 0 Å². The van der Waals surface area contributed by atoms with Gasteiger partial charge in [-0.15, -0.1) is 0 Å². The first-order valence-electron chi connectivity index (χ1n) is 11.6. The maximum absolute atomic E-state index is 10.3. The SMILES string of the molecule is CCCCCCCCCCCCCCCCCC(=O)O.O=C(O)CC(C(=O)O)S(=O)(=O)O.[NaH].[NaH]. The van der Waals surface area contributed by atoms with Gasteiger partial charge in [-0.05, 0) is 6.42 Å². The molecule has 0 rings (SSSR count). The first-order chi connectivity index (χ1) is 15.0. The standard InChI is InChI=1S/C18H36O2.C4H6O7S.2Na.2H/c1-2-3-4-5-6-7-8-9-10-11-12-13-14-15-16-17-18(19)20;5-3(6)1-2(4(7)8)12(9,10)11;;;;/h2-17H2,1H3,(H,19,20);2H,1H2,(H,5,6)(H,7,8)(H,9,10,11);;;;. The number of hydrogen-bond donors (Lipinski definition) is 4. The van der Waals surface area contributed by atoms with E-state index in [9.17, 15) is 22.8 Å². The van der Waals surface area contributed by atoms with Crippen LogP contribution in [0.4, 0.5) is 0 Å². The molecule has 1 atom stereocenters. The molecule has 0 heterocycles.